The number of piperazine rings is 1. The minimum Gasteiger partial charge on any atom is -0.301 e. The van der Waals surface area contributed by atoms with Gasteiger partial charge < -0.3 is 4.90 Å². The lowest BCUT2D eigenvalue weighted by atomic mass is 10.2. The van der Waals surface area contributed by atoms with Gasteiger partial charge in [-0.05, 0) is 30.3 Å². The molecule has 1 aromatic rings. The molecule has 0 amide bonds. The number of benzene rings is 1. The van der Waals surface area contributed by atoms with Gasteiger partial charge in [-0.3, -0.25) is 4.90 Å². The molecule has 94 valence electrons. The van der Waals surface area contributed by atoms with Crippen molar-refractivity contribution in [2.45, 2.75) is 13.5 Å². The zero-order chi connectivity index (χ0) is 12.3. The average molecular weight is 301 g/mol. The van der Waals surface area contributed by atoms with Crippen LogP contribution in [0.5, 0.6) is 0 Å². The molecule has 1 heterocycles. The van der Waals surface area contributed by atoms with Gasteiger partial charge in [0.15, 0.2) is 0 Å². The van der Waals surface area contributed by atoms with E-state index in [9.17, 15) is 4.39 Å². The second kappa shape index (κ2) is 5.94. The largest absolute Gasteiger partial charge is 0.301 e. The van der Waals surface area contributed by atoms with Gasteiger partial charge in [0, 0.05) is 37.2 Å². The summed E-state index contributed by atoms with van der Waals surface area (Å²) in [7, 11) is 0. The van der Waals surface area contributed by atoms with Crippen molar-refractivity contribution in [2.75, 3.05) is 32.7 Å². The number of likely N-dealkylation sites (N-methyl/N-ethyl adjacent to an activating group) is 1. The van der Waals surface area contributed by atoms with Crippen LogP contribution < -0.4 is 0 Å². The summed E-state index contributed by atoms with van der Waals surface area (Å²) in [6.45, 7) is 8.54. The first kappa shape index (κ1) is 13.0. The van der Waals surface area contributed by atoms with E-state index in [2.05, 4.69) is 32.7 Å². The number of rotatable bonds is 3. The molecule has 4 heteroatoms. The van der Waals surface area contributed by atoms with Gasteiger partial charge in [-0.2, -0.15) is 0 Å². The van der Waals surface area contributed by atoms with E-state index in [4.69, 9.17) is 0 Å². The summed E-state index contributed by atoms with van der Waals surface area (Å²) in [5.41, 5.74) is 1.04. The predicted octanol–water partition coefficient (Wildman–Crippen LogP) is 2.73. The van der Waals surface area contributed by atoms with Crippen molar-refractivity contribution in [1.29, 1.82) is 0 Å². The maximum Gasteiger partial charge on any atom is 0.124 e. The SMILES string of the molecule is CCN1CCN(Cc2cc(F)cc(Br)c2)CC1. The zero-order valence-electron chi connectivity index (χ0n) is 10.1. The van der Waals surface area contributed by atoms with Crippen LogP contribution in [0.2, 0.25) is 0 Å². The lowest BCUT2D eigenvalue weighted by Crippen LogP contribution is -2.45. The van der Waals surface area contributed by atoms with Crippen LogP contribution in [0.3, 0.4) is 0 Å². The van der Waals surface area contributed by atoms with E-state index in [1.54, 1.807) is 6.07 Å². The number of hydrogen-bond acceptors (Lipinski definition) is 2. The zero-order valence-corrected chi connectivity index (χ0v) is 11.7. The summed E-state index contributed by atoms with van der Waals surface area (Å²) in [4.78, 5) is 4.82. The van der Waals surface area contributed by atoms with Gasteiger partial charge in [0.05, 0.1) is 0 Å². The molecule has 0 N–H and O–H groups in total. The average Bonchev–Trinajstić information content (AvgIpc) is 2.28. The van der Waals surface area contributed by atoms with Crippen LogP contribution >= 0.6 is 15.9 Å². The van der Waals surface area contributed by atoms with Crippen LogP contribution in [0.15, 0.2) is 22.7 Å². The molecule has 0 unspecified atom stereocenters. The molecule has 1 aliphatic rings. The van der Waals surface area contributed by atoms with E-state index in [0.717, 1.165) is 49.3 Å². The van der Waals surface area contributed by atoms with E-state index >= 15 is 0 Å². The molecular formula is C13H18BrFN2. The Morgan fingerprint density at radius 3 is 2.35 bits per heavy atom. The van der Waals surface area contributed by atoms with Crippen molar-refractivity contribution in [1.82, 2.24) is 9.80 Å². The van der Waals surface area contributed by atoms with E-state index in [0.29, 0.717) is 0 Å². The van der Waals surface area contributed by atoms with Crippen LogP contribution in [0.1, 0.15) is 12.5 Å². The summed E-state index contributed by atoms with van der Waals surface area (Å²) >= 11 is 3.33. The van der Waals surface area contributed by atoms with Crippen molar-refractivity contribution in [3.8, 4) is 0 Å². The summed E-state index contributed by atoms with van der Waals surface area (Å²) in [6.07, 6.45) is 0. The molecule has 2 nitrogen and oxygen atoms in total. The smallest absolute Gasteiger partial charge is 0.124 e. The van der Waals surface area contributed by atoms with E-state index in [1.165, 1.54) is 6.07 Å². The Hall–Kier alpha value is -0.450. The molecule has 0 aromatic heterocycles. The monoisotopic (exact) mass is 300 g/mol. The van der Waals surface area contributed by atoms with Gasteiger partial charge in [-0.25, -0.2) is 4.39 Å². The van der Waals surface area contributed by atoms with E-state index in [-0.39, 0.29) is 5.82 Å². The van der Waals surface area contributed by atoms with Crippen molar-refractivity contribution in [3.05, 3.63) is 34.1 Å². The minimum absolute atomic E-state index is 0.165. The molecule has 1 saturated heterocycles. The molecule has 0 atom stereocenters. The third-order valence-corrected chi connectivity index (χ3v) is 3.70. The second-order valence-electron chi connectivity index (χ2n) is 4.49. The molecule has 17 heavy (non-hydrogen) atoms. The lowest BCUT2D eigenvalue weighted by molar-refractivity contribution is 0.132. The molecule has 0 spiro atoms. The number of nitrogens with zero attached hydrogens (tertiary/aromatic N) is 2. The number of hydrogen-bond donors (Lipinski definition) is 0. The molecule has 0 aliphatic carbocycles. The molecule has 0 bridgehead atoms. The van der Waals surface area contributed by atoms with Crippen molar-refractivity contribution >= 4 is 15.9 Å². The van der Waals surface area contributed by atoms with Crippen LogP contribution in [0, 0.1) is 5.82 Å². The molecule has 2 rings (SSSR count). The Bertz CT molecular complexity index is 355. The van der Waals surface area contributed by atoms with Crippen LogP contribution in [0.4, 0.5) is 4.39 Å². The molecular weight excluding hydrogens is 283 g/mol. The van der Waals surface area contributed by atoms with Crippen LogP contribution in [-0.2, 0) is 6.54 Å². The third kappa shape index (κ3) is 3.76. The van der Waals surface area contributed by atoms with Gasteiger partial charge in [0.1, 0.15) is 5.82 Å². The molecule has 0 radical (unpaired) electrons. The quantitative estimate of drug-likeness (QED) is 0.847. The second-order valence-corrected chi connectivity index (χ2v) is 5.40. The Kier molecular flexibility index (Phi) is 4.54. The highest BCUT2D eigenvalue weighted by Gasteiger charge is 2.15. The van der Waals surface area contributed by atoms with Crippen molar-refractivity contribution in [2.24, 2.45) is 0 Å². The van der Waals surface area contributed by atoms with E-state index < -0.39 is 0 Å². The predicted molar refractivity (Wildman–Crippen MR) is 71.5 cm³/mol. The molecule has 1 aromatic carbocycles. The first-order valence-electron chi connectivity index (χ1n) is 6.07. The summed E-state index contributed by atoms with van der Waals surface area (Å²) in [5, 5.41) is 0. The Labute approximate surface area is 111 Å². The number of halogens is 2. The van der Waals surface area contributed by atoms with E-state index in [1.807, 2.05) is 6.07 Å². The van der Waals surface area contributed by atoms with Gasteiger partial charge in [0.2, 0.25) is 0 Å². The van der Waals surface area contributed by atoms with Gasteiger partial charge >= 0.3 is 0 Å². The summed E-state index contributed by atoms with van der Waals surface area (Å²) in [6, 6.07) is 5.12. The van der Waals surface area contributed by atoms with Crippen LogP contribution in [-0.4, -0.2) is 42.5 Å². The maximum absolute atomic E-state index is 13.2. The highest BCUT2D eigenvalue weighted by Crippen LogP contribution is 2.17. The first-order chi connectivity index (χ1) is 8.17. The standard InChI is InChI=1S/C13H18BrFN2/c1-2-16-3-5-17(6-4-16)10-11-7-12(14)9-13(15)8-11/h7-9H,2-6,10H2,1H3. The minimum atomic E-state index is -0.165. The molecule has 0 saturated carbocycles. The Morgan fingerprint density at radius 1 is 1.12 bits per heavy atom. The first-order valence-corrected chi connectivity index (χ1v) is 6.86. The van der Waals surface area contributed by atoms with Crippen molar-refractivity contribution in [3.63, 3.8) is 0 Å². The van der Waals surface area contributed by atoms with Gasteiger partial charge in [0.25, 0.3) is 0 Å². The Morgan fingerprint density at radius 2 is 1.76 bits per heavy atom. The summed E-state index contributed by atoms with van der Waals surface area (Å²) in [5.74, 6) is -0.165. The lowest BCUT2D eigenvalue weighted by Gasteiger charge is -2.34. The topological polar surface area (TPSA) is 6.48 Å². The maximum atomic E-state index is 13.2. The fourth-order valence-corrected chi connectivity index (χ4v) is 2.74. The van der Waals surface area contributed by atoms with Gasteiger partial charge in [-0.1, -0.05) is 22.9 Å². The van der Waals surface area contributed by atoms with Gasteiger partial charge in [-0.15, -0.1) is 0 Å². The fraction of sp³-hybridized carbons (Fsp3) is 0.538. The highest BCUT2D eigenvalue weighted by molar-refractivity contribution is 9.10. The highest BCUT2D eigenvalue weighted by atomic mass is 79.9. The Balaban J connectivity index is 1.93. The third-order valence-electron chi connectivity index (χ3n) is 3.24. The fourth-order valence-electron chi connectivity index (χ4n) is 2.22. The molecule has 1 aliphatic heterocycles. The normalized spacial score (nSPS) is 18.5. The van der Waals surface area contributed by atoms with Crippen LogP contribution in [0.25, 0.3) is 0 Å². The molecule has 1 fully saturated rings. The summed E-state index contributed by atoms with van der Waals surface area (Å²) < 4.78 is 14.1. The van der Waals surface area contributed by atoms with Crippen molar-refractivity contribution < 1.29 is 4.39 Å².